The fourth-order valence-corrected chi connectivity index (χ4v) is 5.70. The molecule has 0 bridgehead atoms. The van der Waals surface area contributed by atoms with Gasteiger partial charge in [0.25, 0.3) is 5.56 Å². The van der Waals surface area contributed by atoms with Crippen molar-refractivity contribution in [3.05, 3.63) is 91.4 Å². The van der Waals surface area contributed by atoms with E-state index in [1.54, 1.807) is 10.5 Å². The van der Waals surface area contributed by atoms with Crippen molar-refractivity contribution in [1.29, 1.82) is 0 Å². The lowest BCUT2D eigenvalue weighted by Crippen LogP contribution is -2.17. The second-order valence-corrected chi connectivity index (χ2v) is 8.74. The molecule has 5 heteroatoms. The molecule has 3 aromatic heterocycles. The third-order valence-corrected chi connectivity index (χ3v) is 7.06. The Labute approximate surface area is 169 Å². The Hall–Kier alpha value is -3.18. The number of nitrogens with zero attached hydrogens (tertiary/aromatic N) is 1. The molecule has 1 aliphatic rings. The van der Waals surface area contributed by atoms with Crippen LogP contribution in [-0.2, 0) is 6.42 Å². The normalized spacial score (nSPS) is 14.3. The molecule has 142 valence electrons. The maximum absolute atomic E-state index is 13.1. The number of hydrogen-bond acceptors (Lipinski definition) is 4. The zero-order valence-corrected chi connectivity index (χ0v) is 16.4. The first kappa shape index (κ1) is 16.7. The summed E-state index contributed by atoms with van der Waals surface area (Å²) in [6.45, 7) is 3.84. The monoisotopic (exact) mass is 399 g/mol. The number of rotatable bonds is 3. The molecule has 1 aliphatic carbocycles. The molecule has 0 unspecified atom stereocenters. The first-order valence-electron chi connectivity index (χ1n) is 9.71. The number of fused-ring (bicyclic) bond motifs is 4. The van der Waals surface area contributed by atoms with Gasteiger partial charge in [0.05, 0.1) is 0 Å². The summed E-state index contributed by atoms with van der Waals surface area (Å²) in [5.41, 5.74) is 3.49. The van der Waals surface area contributed by atoms with Gasteiger partial charge in [-0.2, -0.15) is 0 Å². The zero-order chi connectivity index (χ0) is 19.7. The highest BCUT2D eigenvalue weighted by Crippen LogP contribution is 2.45. The summed E-state index contributed by atoms with van der Waals surface area (Å²) in [5.74, 6) is 0.443. The van der Waals surface area contributed by atoms with Gasteiger partial charge in [-0.1, -0.05) is 49.0 Å². The second kappa shape index (κ2) is 5.91. The first-order chi connectivity index (χ1) is 14.1. The minimum Gasteiger partial charge on any atom is -0.421 e. The molecule has 0 spiro atoms. The van der Waals surface area contributed by atoms with E-state index in [-0.39, 0.29) is 5.56 Å². The van der Waals surface area contributed by atoms with Gasteiger partial charge in [0, 0.05) is 6.07 Å². The summed E-state index contributed by atoms with van der Waals surface area (Å²) in [6.07, 6.45) is 2.93. The molecule has 0 aliphatic heterocycles. The van der Waals surface area contributed by atoms with Crippen molar-refractivity contribution < 1.29 is 4.42 Å². The van der Waals surface area contributed by atoms with E-state index in [0.717, 1.165) is 23.2 Å². The Morgan fingerprint density at radius 3 is 2.69 bits per heavy atom. The van der Waals surface area contributed by atoms with Gasteiger partial charge in [-0.25, -0.2) is 4.79 Å². The van der Waals surface area contributed by atoms with E-state index < -0.39 is 5.63 Å². The predicted molar refractivity (Wildman–Crippen MR) is 117 cm³/mol. The smallest absolute Gasteiger partial charge is 0.362 e. The summed E-state index contributed by atoms with van der Waals surface area (Å²) in [6, 6.07) is 16.4. The van der Waals surface area contributed by atoms with Crippen LogP contribution in [0.25, 0.3) is 32.4 Å². The fraction of sp³-hybridized carbons (Fsp3) is 0.167. The molecular formula is C24H17NO3S. The van der Waals surface area contributed by atoms with Crippen LogP contribution >= 0.6 is 11.3 Å². The largest absolute Gasteiger partial charge is 0.421 e. The predicted octanol–water partition coefficient (Wildman–Crippen LogP) is 4.22. The standard InChI is InChI=1S/C24H17NO3S/c1-13-22-21(24(27)28-13)25-19(26)12-17(20(15-9-10-15)23(25)29-22)11-16-7-4-6-14-5-2-3-8-18(14)16/h2-8,12,15H,1,9-11H2. The average molecular weight is 399 g/mol. The third kappa shape index (κ3) is 2.44. The number of aromatic nitrogens is 1. The average Bonchev–Trinajstić information content (AvgIpc) is 3.39. The van der Waals surface area contributed by atoms with E-state index in [1.165, 1.54) is 33.2 Å². The highest BCUT2D eigenvalue weighted by Gasteiger charge is 2.31. The van der Waals surface area contributed by atoms with Crippen LogP contribution in [0.3, 0.4) is 0 Å². The zero-order valence-electron chi connectivity index (χ0n) is 15.6. The van der Waals surface area contributed by atoms with Crippen LogP contribution in [0.5, 0.6) is 0 Å². The van der Waals surface area contributed by atoms with Crippen molar-refractivity contribution in [2.75, 3.05) is 0 Å². The van der Waals surface area contributed by atoms with Gasteiger partial charge in [-0.15, -0.1) is 11.3 Å². The molecule has 0 N–H and O–H groups in total. The second-order valence-electron chi connectivity index (χ2n) is 7.74. The van der Waals surface area contributed by atoms with Gasteiger partial charge in [-0.05, 0) is 52.6 Å². The summed E-state index contributed by atoms with van der Waals surface area (Å²) in [4.78, 5) is 26.2. The van der Waals surface area contributed by atoms with Crippen molar-refractivity contribution in [1.82, 2.24) is 4.40 Å². The van der Waals surface area contributed by atoms with Gasteiger partial charge in [0.15, 0.2) is 5.52 Å². The molecule has 6 rings (SSSR count). The Kier molecular flexibility index (Phi) is 3.41. The lowest BCUT2D eigenvalue weighted by Gasteiger charge is -2.12. The van der Waals surface area contributed by atoms with Gasteiger partial charge >= 0.3 is 5.63 Å². The van der Waals surface area contributed by atoms with Crippen LogP contribution in [0.1, 0.15) is 35.4 Å². The minimum atomic E-state index is -0.484. The quantitative estimate of drug-likeness (QED) is 0.456. The number of benzene rings is 2. The lowest BCUT2D eigenvalue weighted by molar-refractivity contribution is 0.504. The lowest BCUT2D eigenvalue weighted by atomic mass is 9.95. The van der Waals surface area contributed by atoms with Crippen molar-refractivity contribution in [3.63, 3.8) is 0 Å². The molecule has 5 aromatic rings. The highest BCUT2D eigenvalue weighted by atomic mass is 32.1. The molecule has 4 nitrogen and oxygen atoms in total. The van der Waals surface area contributed by atoms with Gasteiger partial charge in [-0.3, -0.25) is 9.20 Å². The van der Waals surface area contributed by atoms with E-state index in [0.29, 0.717) is 28.0 Å². The first-order valence-corrected chi connectivity index (χ1v) is 10.5. The Morgan fingerprint density at radius 2 is 1.86 bits per heavy atom. The summed E-state index contributed by atoms with van der Waals surface area (Å²) < 4.78 is 7.36. The van der Waals surface area contributed by atoms with Crippen LogP contribution in [0, 0.1) is 0 Å². The van der Waals surface area contributed by atoms with Crippen LogP contribution in [-0.4, -0.2) is 4.40 Å². The van der Waals surface area contributed by atoms with Crippen molar-refractivity contribution in [2.45, 2.75) is 25.2 Å². The number of thiazole rings is 1. The van der Waals surface area contributed by atoms with E-state index >= 15 is 0 Å². The van der Waals surface area contributed by atoms with Gasteiger partial charge in [0.1, 0.15) is 14.9 Å². The van der Waals surface area contributed by atoms with Crippen LogP contribution in [0.4, 0.5) is 0 Å². The summed E-state index contributed by atoms with van der Waals surface area (Å²) >= 11 is 1.45. The van der Waals surface area contributed by atoms with E-state index in [1.807, 2.05) is 12.1 Å². The molecular weight excluding hydrogens is 382 g/mol. The van der Waals surface area contributed by atoms with Gasteiger partial charge in [0.2, 0.25) is 0 Å². The number of hydrogen-bond donors (Lipinski definition) is 0. The third-order valence-electron chi connectivity index (χ3n) is 5.84. The molecule has 0 saturated heterocycles. The van der Waals surface area contributed by atoms with Gasteiger partial charge < -0.3 is 4.42 Å². The molecule has 0 amide bonds. The van der Waals surface area contributed by atoms with E-state index in [9.17, 15) is 9.59 Å². The molecule has 0 radical (unpaired) electrons. The molecule has 1 saturated carbocycles. The highest BCUT2D eigenvalue weighted by molar-refractivity contribution is 7.24. The topological polar surface area (TPSA) is 51.7 Å². The van der Waals surface area contributed by atoms with E-state index in [4.69, 9.17) is 4.42 Å². The summed E-state index contributed by atoms with van der Waals surface area (Å²) in [7, 11) is 0. The Balaban J connectivity index is 1.65. The van der Waals surface area contributed by atoms with Crippen molar-refractivity contribution in [3.8, 4) is 0 Å². The van der Waals surface area contributed by atoms with Crippen LogP contribution in [0.2, 0.25) is 0 Å². The maximum atomic E-state index is 13.1. The molecule has 29 heavy (non-hydrogen) atoms. The molecule has 1 fully saturated rings. The molecule has 2 aromatic carbocycles. The van der Waals surface area contributed by atoms with Crippen molar-refractivity contribution >= 4 is 43.7 Å². The van der Waals surface area contributed by atoms with Crippen LogP contribution in [0.15, 0.2) is 62.5 Å². The van der Waals surface area contributed by atoms with Crippen molar-refractivity contribution in [2.24, 2.45) is 0 Å². The number of furan rings is 1. The Morgan fingerprint density at radius 1 is 1.07 bits per heavy atom. The molecule has 3 heterocycles. The fourth-order valence-electron chi connectivity index (χ4n) is 4.39. The SMILES string of the molecule is C=c1oc(=O)c2c1sc1c(C3CC3)c(Cc3cccc4ccccc34)cc(=O)n12. The Bertz CT molecular complexity index is 1600. The maximum Gasteiger partial charge on any atom is 0.362 e. The minimum absolute atomic E-state index is 0.177. The molecule has 0 atom stereocenters. The summed E-state index contributed by atoms with van der Waals surface area (Å²) in [5, 5.41) is 2.41. The van der Waals surface area contributed by atoms with Crippen LogP contribution < -0.4 is 16.6 Å². The number of pyridine rings is 1. The van der Waals surface area contributed by atoms with E-state index in [2.05, 4.69) is 36.9 Å².